The van der Waals surface area contributed by atoms with Crippen molar-refractivity contribution in [2.24, 2.45) is 0 Å². The van der Waals surface area contributed by atoms with E-state index in [0.29, 0.717) is 28.2 Å². The van der Waals surface area contributed by atoms with E-state index in [0.717, 1.165) is 61.0 Å². The van der Waals surface area contributed by atoms with E-state index >= 15 is 0 Å². The van der Waals surface area contributed by atoms with E-state index in [-0.39, 0.29) is 33.4 Å². The third-order valence-corrected chi connectivity index (χ3v) is 15.2. The molecule has 13 rings (SSSR count). The molecule has 3 aromatic heterocycles. The number of nitrogens with zero attached hydrogens (tertiary/aromatic N) is 4. The summed E-state index contributed by atoms with van der Waals surface area (Å²) in [5, 5.41) is 2.09. The van der Waals surface area contributed by atoms with E-state index in [4.69, 9.17) is 17.9 Å². The van der Waals surface area contributed by atoms with Crippen LogP contribution in [0, 0.1) is 6.33 Å². The van der Waals surface area contributed by atoms with Gasteiger partial charge in [0.05, 0.1) is 47.1 Å². The lowest BCUT2D eigenvalue weighted by molar-refractivity contribution is -0.571. The highest BCUT2D eigenvalue weighted by molar-refractivity contribution is 6.11. The summed E-state index contributed by atoms with van der Waals surface area (Å²) < 4.78 is 103. The van der Waals surface area contributed by atoms with Crippen LogP contribution in [0.1, 0.15) is 90.0 Å². The summed E-state index contributed by atoms with van der Waals surface area (Å²) in [5.74, 6) is 1.87. The van der Waals surface area contributed by atoms with Gasteiger partial charge in [0.25, 0.3) is 6.33 Å². The predicted molar refractivity (Wildman–Crippen MR) is 308 cm³/mol. The van der Waals surface area contributed by atoms with E-state index in [9.17, 15) is 5.48 Å². The highest BCUT2D eigenvalue weighted by Gasteiger charge is 2.42. The maximum absolute atomic E-state index is 9.35. The fourth-order valence-corrected chi connectivity index (χ4v) is 11.4. The Balaban J connectivity index is 1.09. The van der Waals surface area contributed by atoms with Gasteiger partial charge in [-0.05, 0) is 116 Å². The molecule has 9 aromatic carbocycles. The molecule has 0 fully saturated rings. The minimum atomic E-state index is -0.571. The number of fused-ring (bicyclic) bond motifs is 6. The van der Waals surface area contributed by atoms with Crippen molar-refractivity contribution in [3.8, 4) is 62.1 Å². The first-order valence-corrected chi connectivity index (χ1v) is 25.3. The number of para-hydroxylation sites is 2. The van der Waals surface area contributed by atoms with Crippen LogP contribution in [0.2, 0.25) is 0 Å². The third-order valence-electron chi connectivity index (χ3n) is 15.2. The summed E-state index contributed by atoms with van der Waals surface area (Å²) in [5.41, 5.74) is 10.2. The molecule has 12 aromatic rings. The Kier molecular flexibility index (Phi) is 8.40. The first kappa shape index (κ1) is 36.2. The van der Waals surface area contributed by atoms with Crippen molar-refractivity contribution in [1.29, 1.82) is 0 Å². The molecule has 0 aliphatic heterocycles. The second-order valence-corrected chi connectivity index (χ2v) is 21.5. The number of hydrogen-bond donors (Lipinski definition) is 0. The van der Waals surface area contributed by atoms with Crippen LogP contribution in [0.15, 0.2) is 224 Å². The van der Waals surface area contributed by atoms with Crippen LogP contribution in [0.4, 0.5) is 0 Å². The number of hydrogen-bond acceptors (Lipinski definition) is 2. The van der Waals surface area contributed by atoms with Crippen molar-refractivity contribution < 1.29 is 23.0 Å². The SMILES string of the molecule is [2H]c1c([2H])c([2H])c(-c2cccc(-c3c([2H])c([2H])c([2H])c([2H])c3[2H])c2-[n+]2[c-]n(-c3cccc(Oc4cc5c(cc4-c4ccccc4)c4ccccc4n5-c4cc(C(C)(C)C)ccn4)c3)c3cc4c(cc32)C(C)(C)c2ccccc2C4(C)C)c([2H])c1[2H]. The van der Waals surface area contributed by atoms with E-state index in [1.165, 1.54) is 5.56 Å². The molecule has 0 saturated heterocycles. The van der Waals surface area contributed by atoms with E-state index in [2.05, 4.69) is 144 Å². The average Bonchev–Trinajstić information content (AvgIpc) is 1.76. The Bertz CT molecular complexity index is 4660. The topological polar surface area (TPSA) is 35.9 Å². The average molecular weight is 981 g/mol. The normalized spacial score (nSPS) is 15.6. The van der Waals surface area contributed by atoms with Gasteiger partial charge in [0.15, 0.2) is 0 Å². The van der Waals surface area contributed by atoms with Gasteiger partial charge in [0, 0.05) is 39.4 Å². The van der Waals surface area contributed by atoms with Gasteiger partial charge in [-0.2, -0.15) is 0 Å². The molecule has 5 nitrogen and oxygen atoms in total. The number of rotatable bonds is 8. The maximum Gasteiger partial charge on any atom is 0.269 e. The summed E-state index contributed by atoms with van der Waals surface area (Å²) >= 11 is 0. The molecule has 5 heteroatoms. The van der Waals surface area contributed by atoms with Crippen LogP contribution >= 0.6 is 0 Å². The first-order chi connectivity index (χ1) is 40.5. The van der Waals surface area contributed by atoms with Gasteiger partial charge in [0.1, 0.15) is 17.3 Å². The fourth-order valence-electron chi connectivity index (χ4n) is 11.4. The Hall–Kier alpha value is -8.80. The van der Waals surface area contributed by atoms with Crippen molar-refractivity contribution in [1.82, 2.24) is 14.1 Å². The first-order valence-electron chi connectivity index (χ1n) is 30.3. The largest absolute Gasteiger partial charge is 0.457 e. The number of aromatic nitrogens is 4. The molecular weight excluding hydrogens is 913 g/mol. The Morgan fingerprint density at radius 3 is 1.84 bits per heavy atom. The Morgan fingerprint density at radius 1 is 0.533 bits per heavy atom. The van der Waals surface area contributed by atoms with Crippen LogP contribution in [0.3, 0.4) is 0 Å². The van der Waals surface area contributed by atoms with Gasteiger partial charge in [-0.25, -0.2) is 4.98 Å². The second-order valence-electron chi connectivity index (χ2n) is 21.5. The lowest BCUT2D eigenvalue weighted by Crippen LogP contribution is -2.37. The van der Waals surface area contributed by atoms with Crippen LogP contribution in [-0.4, -0.2) is 14.1 Å². The van der Waals surface area contributed by atoms with E-state index in [1.54, 1.807) is 22.8 Å². The summed E-state index contributed by atoms with van der Waals surface area (Å²) in [6.45, 7) is 15.4. The molecule has 0 bridgehead atoms. The second kappa shape index (κ2) is 17.4. The zero-order valence-corrected chi connectivity index (χ0v) is 42.8. The van der Waals surface area contributed by atoms with Gasteiger partial charge in [-0.15, -0.1) is 0 Å². The number of benzene rings is 9. The predicted octanol–water partition coefficient (Wildman–Crippen LogP) is 17.3. The Labute approximate surface area is 453 Å². The molecular formula is C70H58N4O. The van der Waals surface area contributed by atoms with Gasteiger partial charge in [-0.3, -0.25) is 13.7 Å². The van der Waals surface area contributed by atoms with Crippen LogP contribution < -0.4 is 9.30 Å². The molecule has 0 saturated carbocycles. The zero-order chi connectivity index (χ0) is 59.9. The van der Waals surface area contributed by atoms with Gasteiger partial charge in [0.2, 0.25) is 0 Å². The third kappa shape index (κ3) is 7.59. The van der Waals surface area contributed by atoms with Gasteiger partial charge >= 0.3 is 0 Å². The molecule has 1 aliphatic carbocycles. The van der Waals surface area contributed by atoms with E-state index in [1.807, 2.05) is 65.4 Å². The molecule has 0 spiro atoms. The molecule has 0 radical (unpaired) electrons. The highest BCUT2D eigenvalue weighted by Crippen LogP contribution is 2.51. The van der Waals surface area contributed by atoms with Crippen LogP contribution in [0.5, 0.6) is 11.5 Å². The minimum absolute atomic E-state index is 0.129. The van der Waals surface area contributed by atoms with Gasteiger partial charge in [-0.1, -0.05) is 206 Å². The number of ether oxygens (including phenoxy) is 1. The smallest absolute Gasteiger partial charge is 0.269 e. The molecule has 0 N–H and O–H groups in total. The molecule has 75 heavy (non-hydrogen) atoms. The molecule has 0 atom stereocenters. The van der Waals surface area contributed by atoms with Gasteiger partial charge < -0.3 is 4.74 Å². The lowest BCUT2D eigenvalue weighted by atomic mass is 9.60. The lowest BCUT2D eigenvalue weighted by Gasteiger charge is -2.44. The van der Waals surface area contributed by atoms with Crippen LogP contribution in [-0.2, 0) is 16.2 Å². The Morgan fingerprint density at radius 2 is 1.16 bits per heavy atom. The van der Waals surface area contributed by atoms with Crippen molar-refractivity contribution in [2.75, 3.05) is 0 Å². The van der Waals surface area contributed by atoms with Crippen molar-refractivity contribution in [2.45, 2.75) is 64.7 Å². The van der Waals surface area contributed by atoms with Crippen LogP contribution in [0.25, 0.3) is 83.4 Å². The zero-order valence-electron chi connectivity index (χ0n) is 52.8. The summed E-state index contributed by atoms with van der Waals surface area (Å²) in [4.78, 5) is 4.95. The highest BCUT2D eigenvalue weighted by atomic mass is 16.5. The summed E-state index contributed by atoms with van der Waals surface area (Å²) in [7, 11) is 0. The number of pyridine rings is 1. The van der Waals surface area contributed by atoms with Crippen molar-refractivity contribution in [3.05, 3.63) is 258 Å². The molecule has 3 heterocycles. The van der Waals surface area contributed by atoms with Crippen molar-refractivity contribution in [3.63, 3.8) is 0 Å². The summed E-state index contributed by atoms with van der Waals surface area (Å²) in [6, 6.07) is 47.1. The monoisotopic (exact) mass is 981 g/mol. The molecule has 0 unspecified atom stereocenters. The van der Waals surface area contributed by atoms with Crippen molar-refractivity contribution >= 4 is 32.8 Å². The molecule has 364 valence electrons. The molecule has 1 aliphatic rings. The minimum Gasteiger partial charge on any atom is -0.457 e. The quantitative estimate of drug-likeness (QED) is 0.112. The fraction of sp³-hybridized carbons (Fsp3) is 0.143. The standard InChI is InChI=1S/C70H58N4O/c1-68(2,3)49-37-38-71-66(39-49)74-61-36-20-17-31-54(61)56-41-55(48-27-15-10-16-28-48)65(44-62(56)74)75-51-30-21-29-50(40-51)72-45-73(67-52(46-23-11-8-12-24-46)32-22-33-53(67)47-25-13-9-14-26-47)64-43-60-59(42-63(64)72)69(4,5)57-34-18-19-35-58(57)70(60,6)7/h8-44H,1-7H3/i8D,9D,11D,12D,13D,14D,23D,24D,25D,26D. The van der Waals surface area contributed by atoms with E-state index < -0.39 is 71.3 Å². The number of imidazole rings is 1. The molecule has 0 amide bonds. The maximum atomic E-state index is 9.35. The summed E-state index contributed by atoms with van der Waals surface area (Å²) in [6.07, 6.45) is 5.54.